The molecule has 2 aromatic heterocycles. The van der Waals surface area contributed by atoms with Gasteiger partial charge in [-0.1, -0.05) is 0 Å². The number of nitrogens with two attached hydrogens (primary N) is 1. The predicted molar refractivity (Wildman–Crippen MR) is 65.4 cm³/mol. The van der Waals surface area contributed by atoms with Crippen LogP contribution in [0.15, 0.2) is 12.7 Å². The van der Waals surface area contributed by atoms with Gasteiger partial charge in [0.05, 0.1) is 19.5 Å². The molecule has 0 saturated carbocycles. The molecule has 9 nitrogen and oxygen atoms in total. The number of ether oxygens (including phenoxy) is 2. The molecule has 2 aromatic rings. The second-order valence-electron chi connectivity index (χ2n) is 5.03. The summed E-state index contributed by atoms with van der Waals surface area (Å²) < 4.78 is 13.0. The van der Waals surface area contributed by atoms with E-state index >= 15 is 0 Å². The van der Waals surface area contributed by atoms with E-state index in [0.29, 0.717) is 11.2 Å². The Balaban J connectivity index is 1.80. The van der Waals surface area contributed by atoms with Crippen LogP contribution in [0.25, 0.3) is 11.2 Å². The van der Waals surface area contributed by atoms with E-state index in [0.717, 1.165) is 0 Å². The number of nitrogen functional groups attached to an aromatic ring is 1. The quantitative estimate of drug-likeness (QED) is 0.601. The van der Waals surface area contributed by atoms with Crippen LogP contribution in [0.5, 0.6) is 0 Å². The first-order valence-corrected chi connectivity index (χ1v) is 6.18. The van der Waals surface area contributed by atoms with E-state index in [4.69, 9.17) is 15.2 Å². The molecular formula is C11H13N5O4. The Morgan fingerprint density at radius 3 is 3.05 bits per heavy atom. The number of hydrogen-bond acceptors (Lipinski definition) is 8. The minimum Gasteiger partial charge on any atom is -0.393 e. The Morgan fingerprint density at radius 1 is 1.45 bits per heavy atom. The van der Waals surface area contributed by atoms with Crippen LogP contribution in [0.3, 0.4) is 0 Å². The molecule has 2 bridgehead atoms. The van der Waals surface area contributed by atoms with Gasteiger partial charge in [0.1, 0.15) is 29.7 Å². The average molecular weight is 279 g/mol. The minimum atomic E-state index is -1.08. The van der Waals surface area contributed by atoms with Gasteiger partial charge in [-0.15, -0.1) is 0 Å². The fraction of sp³-hybridized carbons (Fsp3) is 0.545. The molecule has 0 aromatic carbocycles. The maximum absolute atomic E-state index is 10.2. The van der Waals surface area contributed by atoms with Crippen molar-refractivity contribution in [3.63, 3.8) is 0 Å². The number of aromatic nitrogens is 4. The zero-order valence-electron chi connectivity index (χ0n) is 10.4. The van der Waals surface area contributed by atoms with Crippen molar-refractivity contribution in [2.75, 3.05) is 18.9 Å². The smallest absolute Gasteiger partial charge is 0.167 e. The Bertz CT molecular complexity index is 676. The van der Waals surface area contributed by atoms with E-state index in [1.807, 2.05) is 0 Å². The number of rotatable bonds is 2. The Labute approximate surface area is 113 Å². The third-order valence-corrected chi connectivity index (χ3v) is 3.94. The molecular weight excluding hydrogens is 266 g/mol. The van der Waals surface area contributed by atoms with Gasteiger partial charge in [0.15, 0.2) is 17.7 Å². The van der Waals surface area contributed by atoms with Gasteiger partial charge in [-0.3, -0.25) is 4.57 Å². The second kappa shape index (κ2) is 3.85. The lowest BCUT2D eigenvalue weighted by molar-refractivity contribution is -0.185. The van der Waals surface area contributed by atoms with Crippen LogP contribution in [0.1, 0.15) is 6.23 Å². The molecule has 9 heteroatoms. The summed E-state index contributed by atoms with van der Waals surface area (Å²) in [6.45, 7) is -0.152. The minimum absolute atomic E-state index is 0.162. The Hall–Kier alpha value is -1.81. The fourth-order valence-electron chi connectivity index (χ4n) is 2.81. The van der Waals surface area contributed by atoms with Gasteiger partial charge in [-0.05, 0) is 0 Å². The summed E-state index contributed by atoms with van der Waals surface area (Å²) in [5, 5.41) is 19.6. The number of aliphatic hydroxyl groups excluding tert-OH is 2. The number of fused-ring (bicyclic) bond motifs is 3. The highest BCUT2D eigenvalue weighted by Crippen LogP contribution is 2.45. The van der Waals surface area contributed by atoms with E-state index in [9.17, 15) is 10.2 Å². The van der Waals surface area contributed by atoms with Gasteiger partial charge < -0.3 is 25.4 Å². The first kappa shape index (κ1) is 12.0. The molecule has 0 unspecified atom stereocenters. The van der Waals surface area contributed by atoms with E-state index < -0.39 is 24.0 Å². The lowest BCUT2D eigenvalue weighted by atomic mass is 10.0. The number of anilines is 1. The van der Waals surface area contributed by atoms with E-state index in [2.05, 4.69) is 15.0 Å². The van der Waals surface area contributed by atoms with Crippen molar-refractivity contribution in [1.82, 2.24) is 19.5 Å². The van der Waals surface area contributed by atoms with Crippen LogP contribution >= 0.6 is 0 Å². The third kappa shape index (κ3) is 1.32. The van der Waals surface area contributed by atoms with Crippen molar-refractivity contribution < 1.29 is 19.7 Å². The maximum atomic E-state index is 10.2. The van der Waals surface area contributed by atoms with Crippen LogP contribution in [0.2, 0.25) is 0 Å². The first-order chi connectivity index (χ1) is 9.66. The summed E-state index contributed by atoms with van der Waals surface area (Å²) in [5.41, 5.74) is 5.62. The van der Waals surface area contributed by atoms with Crippen LogP contribution in [-0.4, -0.2) is 60.8 Å². The van der Waals surface area contributed by atoms with Gasteiger partial charge in [0.2, 0.25) is 0 Å². The van der Waals surface area contributed by atoms with Gasteiger partial charge in [0, 0.05) is 0 Å². The molecule has 0 aliphatic carbocycles. The molecule has 0 spiro atoms. The fourth-order valence-corrected chi connectivity index (χ4v) is 2.81. The summed E-state index contributed by atoms with van der Waals surface area (Å²) in [5.74, 6) is 0.273. The molecule has 4 heterocycles. The van der Waals surface area contributed by atoms with E-state index in [1.165, 1.54) is 12.7 Å². The normalized spacial score (nSPS) is 36.0. The second-order valence-corrected chi connectivity index (χ2v) is 5.03. The van der Waals surface area contributed by atoms with E-state index in [-0.39, 0.29) is 19.0 Å². The van der Waals surface area contributed by atoms with Crippen LogP contribution in [-0.2, 0) is 9.47 Å². The SMILES string of the molecule is Nc1ncnc2c1ncn2[C@@H]1O[C@@]2(CO)CO[C@H]1[C@H]2O. The largest absolute Gasteiger partial charge is 0.393 e. The molecule has 106 valence electrons. The maximum Gasteiger partial charge on any atom is 0.167 e. The molecule has 2 saturated heterocycles. The van der Waals surface area contributed by atoms with E-state index in [1.54, 1.807) is 4.57 Å². The van der Waals surface area contributed by atoms with Crippen LogP contribution in [0.4, 0.5) is 5.82 Å². The summed E-state index contributed by atoms with van der Waals surface area (Å²) in [6.07, 6.45) is 0.778. The topological polar surface area (TPSA) is 129 Å². The number of imidazole rings is 1. The molecule has 0 amide bonds. The van der Waals surface area contributed by atoms with Crippen molar-refractivity contribution in [3.05, 3.63) is 12.7 Å². The monoisotopic (exact) mass is 279 g/mol. The number of nitrogens with zero attached hydrogens (tertiary/aromatic N) is 4. The standard InChI is InChI=1S/C11H13N5O4/c12-8-5-9(14-3-13-8)16(4-15-5)10-6-7(18)11(1-17,20-10)2-19-6/h3-4,6-7,10,17-18H,1-2H2,(H2,12,13,14)/t6-,7+,10+,11-/m0/s1. The van der Waals surface area contributed by atoms with Crippen molar-refractivity contribution in [1.29, 1.82) is 0 Å². The zero-order chi connectivity index (χ0) is 13.9. The average Bonchev–Trinajstić information content (AvgIpc) is 3.10. The summed E-state index contributed by atoms with van der Waals surface area (Å²) in [6, 6.07) is 0. The van der Waals surface area contributed by atoms with Gasteiger partial charge in [-0.2, -0.15) is 0 Å². The van der Waals surface area contributed by atoms with Crippen molar-refractivity contribution >= 4 is 17.0 Å². The lowest BCUT2D eigenvalue weighted by Gasteiger charge is -2.29. The highest BCUT2D eigenvalue weighted by atomic mass is 16.7. The molecule has 2 fully saturated rings. The van der Waals surface area contributed by atoms with Gasteiger partial charge in [-0.25, -0.2) is 15.0 Å². The summed E-state index contributed by atoms with van der Waals surface area (Å²) in [7, 11) is 0. The number of aliphatic hydroxyl groups is 2. The molecule has 2 aliphatic heterocycles. The summed E-state index contributed by atoms with van der Waals surface area (Å²) in [4.78, 5) is 12.2. The number of hydrogen-bond donors (Lipinski definition) is 3. The third-order valence-electron chi connectivity index (χ3n) is 3.94. The van der Waals surface area contributed by atoms with Crippen LogP contribution < -0.4 is 5.73 Å². The lowest BCUT2D eigenvalue weighted by Crippen LogP contribution is -2.44. The molecule has 2 aliphatic rings. The molecule has 0 radical (unpaired) electrons. The summed E-state index contributed by atoms with van der Waals surface area (Å²) >= 11 is 0. The molecule has 4 atom stereocenters. The van der Waals surface area contributed by atoms with Crippen molar-refractivity contribution in [3.8, 4) is 0 Å². The predicted octanol–water partition coefficient (Wildman–Crippen LogP) is -1.57. The van der Waals surface area contributed by atoms with Gasteiger partial charge >= 0.3 is 0 Å². The zero-order valence-corrected chi connectivity index (χ0v) is 10.4. The molecule has 4 rings (SSSR count). The van der Waals surface area contributed by atoms with Gasteiger partial charge in [0.25, 0.3) is 0 Å². The Kier molecular flexibility index (Phi) is 2.31. The highest BCUT2D eigenvalue weighted by molar-refractivity contribution is 5.81. The first-order valence-electron chi connectivity index (χ1n) is 6.18. The van der Waals surface area contributed by atoms with Crippen LogP contribution in [0, 0.1) is 0 Å². The highest BCUT2D eigenvalue weighted by Gasteiger charge is 2.61. The Morgan fingerprint density at radius 2 is 2.30 bits per heavy atom. The molecule has 4 N–H and O–H groups in total. The molecule has 20 heavy (non-hydrogen) atoms. The van der Waals surface area contributed by atoms with Crippen molar-refractivity contribution in [2.45, 2.75) is 24.0 Å². The van der Waals surface area contributed by atoms with Crippen molar-refractivity contribution in [2.24, 2.45) is 0 Å².